The molecule has 0 aliphatic heterocycles. The Kier molecular flexibility index (Phi) is 6.96. The Morgan fingerprint density at radius 1 is 1.11 bits per heavy atom. The highest BCUT2D eigenvalue weighted by molar-refractivity contribution is 7.15. The lowest BCUT2D eigenvalue weighted by Gasteiger charge is -2.04. The summed E-state index contributed by atoms with van der Waals surface area (Å²) >= 11 is 0.999. The number of hydrogen-bond donors (Lipinski definition) is 1. The van der Waals surface area contributed by atoms with Crippen molar-refractivity contribution in [3.63, 3.8) is 0 Å². The molecule has 10 nitrogen and oxygen atoms in total. The molecule has 0 unspecified atom stereocenters. The maximum absolute atomic E-state index is 12.0. The third kappa shape index (κ3) is 5.22. The van der Waals surface area contributed by atoms with Gasteiger partial charge in [0, 0.05) is 9.79 Å². The van der Waals surface area contributed by atoms with Gasteiger partial charge in [-0.2, -0.15) is 0 Å². The maximum Gasteiger partial charge on any atom is 0.374 e. The molecule has 0 bridgehead atoms. The van der Waals surface area contributed by atoms with E-state index in [0.29, 0.717) is 4.88 Å². The minimum absolute atomic E-state index is 0.0773. The summed E-state index contributed by atoms with van der Waals surface area (Å²) in [5.74, 6) is -2.15. The number of ketones is 1. The van der Waals surface area contributed by atoms with Crippen molar-refractivity contribution in [1.29, 1.82) is 0 Å². The SMILES string of the molecule is CC(=O)/C(=C(/C)O)c1ccc(C(=O)OCCOC(=O)c2ccc(N=[N+]=[N-])o2)s1. The molecule has 0 spiro atoms. The highest BCUT2D eigenvalue weighted by atomic mass is 32.1. The molecule has 0 saturated heterocycles. The zero-order valence-corrected chi connectivity index (χ0v) is 15.7. The quantitative estimate of drug-likeness (QED) is 0.131. The molecule has 0 atom stereocenters. The summed E-state index contributed by atoms with van der Waals surface area (Å²) in [6, 6.07) is 5.60. The Morgan fingerprint density at radius 2 is 1.75 bits per heavy atom. The molecule has 0 radical (unpaired) electrons. The van der Waals surface area contributed by atoms with Crippen LogP contribution < -0.4 is 0 Å². The van der Waals surface area contributed by atoms with Crippen LogP contribution in [-0.2, 0) is 14.3 Å². The number of aliphatic hydroxyl groups excluding tert-OH is 1. The number of aliphatic hydroxyl groups is 1. The zero-order valence-electron chi connectivity index (χ0n) is 14.9. The number of ether oxygens (including phenoxy) is 2. The van der Waals surface area contributed by atoms with Crippen molar-refractivity contribution in [2.24, 2.45) is 5.11 Å². The molecule has 1 N–H and O–H groups in total. The largest absolute Gasteiger partial charge is 0.512 e. The van der Waals surface area contributed by atoms with Gasteiger partial charge in [-0.1, -0.05) is 0 Å². The minimum Gasteiger partial charge on any atom is -0.512 e. The van der Waals surface area contributed by atoms with Crippen LogP contribution in [0.2, 0.25) is 0 Å². The van der Waals surface area contributed by atoms with Gasteiger partial charge in [-0.05, 0) is 48.8 Å². The third-order valence-corrected chi connectivity index (χ3v) is 4.34. The predicted octanol–water partition coefficient (Wildman–Crippen LogP) is 4.17. The van der Waals surface area contributed by atoms with Crippen LogP contribution in [0.1, 0.15) is 39.0 Å². The molecular weight excluding hydrogens is 390 g/mol. The molecule has 0 fully saturated rings. The van der Waals surface area contributed by atoms with Gasteiger partial charge in [0.2, 0.25) is 5.76 Å². The van der Waals surface area contributed by atoms with Gasteiger partial charge < -0.3 is 19.0 Å². The minimum atomic E-state index is -0.802. The molecule has 0 aliphatic carbocycles. The Hall–Kier alpha value is -3.56. The number of allylic oxidation sites excluding steroid dienone is 2. The van der Waals surface area contributed by atoms with E-state index >= 15 is 0 Å². The Bertz CT molecular complexity index is 979. The maximum atomic E-state index is 12.0. The first-order valence-corrected chi connectivity index (χ1v) is 8.65. The van der Waals surface area contributed by atoms with Crippen LogP contribution in [0.25, 0.3) is 16.0 Å². The first-order chi connectivity index (χ1) is 13.3. The fourth-order valence-corrected chi connectivity index (χ4v) is 3.18. The van der Waals surface area contributed by atoms with Gasteiger partial charge in [0.1, 0.15) is 23.9 Å². The van der Waals surface area contributed by atoms with Crippen molar-refractivity contribution in [3.05, 3.63) is 56.0 Å². The van der Waals surface area contributed by atoms with Crippen LogP contribution in [0.4, 0.5) is 5.88 Å². The number of thiophene rings is 1. The van der Waals surface area contributed by atoms with E-state index in [2.05, 4.69) is 10.0 Å². The van der Waals surface area contributed by atoms with Crippen molar-refractivity contribution in [2.75, 3.05) is 13.2 Å². The van der Waals surface area contributed by atoms with Gasteiger partial charge >= 0.3 is 11.9 Å². The lowest BCUT2D eigenvalue weighted by Crippen LogP contribution is -2.13. The van der Waals surface area contributed by atoms with Gasteiger partial charge in [-0.3, -0.25) is 4.79 Å². The lowest BCUT2D eigenvalue weighted by molar-refractivity contribution is -0.111. The van der Waals surface area contributed by atoms with Crippen LogP contribution in [0, 0.1) is 0 Å². The van der Waals surface area contributed by atoms with E-state index in [1.54, 1.807) is 0 Å². The van der Waals surface area contributed by atoms with Crippen molar-refractivity contribution < 1.29 is 33.4 Å². The summed E-state index contributed by atoms with van der Waals surface area (Å²) in [5.41, 5.74) is 8.41. The second-order valence-corrected chi connectivity index (χ2v) is 6.36. The molecule has 146 valence electrons. The number of nitrogens with zero attached hydrogens (tertiary/aromatic N) is 3. The molecule has 2 aromatic rings. The van der Waals surface area contributed by atoms with Gasteiger partial charge in [0.05, 0.1) is 5.57 Å². The first kappa shape index (κ1) is 20.7. The van der Waals surface area contributed by atoms with Crippen molar-refractivity contribution in [3.8, 4) is 0 Å². The predicted molar refractivity (Wildman–Crippen MR) is 98.3 cm³/mol. The topological polar surface area (TPSA) is 152 Å². The average Bonchev–Trinajstić information content (AvgIpc) is 3.28. The highest BCUT2D eigenvalue weighted by Gasteiger charge is 2.18. The second-order valence-electron chi connectivity index (χ2n) is 5.28. The van der Waals surface area contributed by atoms with Crippen LogP contribution in [-0.4, -0.2) is 36.0 Å². The number of carbonyl (C=O) groups excluding carboxylic acids is 3. The average molecular weight is 405 g/mol. The standard InChI is InChI=1S/C17H15N3O7S/c1-9(21)15(10(2)22)12-4-5-13(28-12)17(24)26-8-7-25-16(23)11-3-6-14(27-11)19-20-18/h3-6,21H,7-8H2,1-2H3/b15-9+. The lowest BCUT2D eigenvalue weighted by atomic mass is 10.1. The fraction of sp³-hybridized carbons (Fsp3) is 0.235. The van der Waals surface area contributed by atoms with Crippen molar-refractivity contribution >= 4 is 40.5 Å². The molecule has 2 aromatic heterocycles. The Balaban J connectivity index is 1.86. The fourth-order valence-electron chi connectivity index (χ4n) is 2.13. The first-order valence-electron chi connectivity index (χ1n) is 7.83. The van der Waals surface area contributed by atoms with Gasteiger partial charge in [-0.25, -0.2) is 9.59 Å². The number of furan rings is 1. The van der Waals surface area contributed by atoms with E-state index in [1.807, 2.05) is 0 Å². The van der Waals surface area contributed by atoms with Gasteiger partial charge in [0.25, 0.3) is 0 Å². The Morgan fingerprint density at radius 3 is 2.36 bits per heavy atom. The number of rotatable bonds is 8. The summed E-state index contributed by atoms with van der Waals surface area (Å²) in [6.45, 7) is 2.29. The molecule has 0 amide bonds. The second kappa shape index (κ2) is 9.40. The Labute approximate surface area is 162 Å². The molecule has 11 heteroatoms. The molecule has 0 aliphatic rings. The number of esters is 2. The van der Waals surface area contributed by atoms with E-state index in [9.17, 15) is 19.5 Å². The molecule has 28 heavy (non-hydrogen) atoms. The van der Waals surface area contributed by atoms with E-state index in [0.717, 1.165) is 11.3 Å². The normalized spacial score (nSPS) is 11.2. The molecule has 0 aromatic carbocycles. The molecule has 0 saturated carbocycles. The highest BCUT2D eigenvalue weighted by Crippen LogP contribution is 2.27. The van der Waals surface area contributed by atoms with Gasteiger partial charge in [0.15, 0.2) is 11.7 Å². The van der Waals surface area contributed by atoms with Crippen LogP contribution in [0.5, 0.6) is 0 Å². The molecule has 2 rings (SSSR count). The number of hydrogen-bond acceptors (Lipinski definition) is 9. The summed E-state index contributed by atoms with van der Waals surface area (Å²) < 4.78 is 14.8. The molecular formula is C17H15N3O7S. The number of azide groups is 1. The number of carbonyl (C=O) groups is 3. The van der Waals surface area contributed by atoms with E-state index in [1.165, 1.54) is 38.1 Å². The summed E-state index contributed by atoms with van der Waals surface area (Å²) in [6.07, 6.45) is 0. The molecule has 2 heterocycles. The smallest absolute Gasteiger partial charge is 0.374 e. The summed E-state index contributed by atoms with van der Waals surface area (Å²) in [5, 5.41) is 12.8. The zero-order chi connectivity index (χ0) is 20.7. The van der Waals surface area contributed by atoms with E-state index in [4.69, 9.17) is 19.4 Å². The van der Waals surface area contributed by atoms with Crippen molar-refractivity contribution in [1.82, 2.24) is 0 Å². The summed E-state index contributed by atoms with van der Waals surface area (Å²) in [7, 11) is 0. The van der Waals surface area contributed by atoms with Crippen LogP contribution >= 0.6 is 11.3 Å². The monoisotopic (exact) mass is 405 g/mol. The van der Waals surface area contributed by atoms with E-state index < -0.39 is 11.9 Å². The third-order valence-electron chi connectivity index (χ3n) is 3.25. The summed E-state index contributed by atoms with van der Waals surface area (Å²) in [4.78, 5) is 38.5. The van der Waals surface area contributed by atoms with Crippen molar-refractivity contribution in [2.45, 2.75) is 13.8 Å². The number of Topliss-reactive ketones (excluding diaryl/α,β-unsaturated/α-hetero) is 1. The van der Waals surface area contributed by atoms with Crippen LogP contribution in [0.3, 0.4) is 0 Å². The van der Waals surface area contributed by atoms with Gasteiger partial charge in [-0.15, -0.1) is 11.3 Å². The van der Waals surface area contributed by atoms with Crippen LogP contribution in [0.15, 0.2) is 39.6 Å². The van der Waals surface area contributed by atoms with E-state index in [-0.39, 0.29) is 46.9 Å².